The molecule has 1 aromatic carbocycles. The van der Waals surface area contributed by atoms with Crippen molar-refractivity contribution in [2.24, 2.45) is 11.8 Å². The van der Waals surface area contributed by atoms with Gasteiger partial charge >= 0.3 is 0 Å². The molecule has 2 aliphatic carbocycles. The predicted octanol–water partition coefficient (Wildman–Crippen LogP) is 4.35. The lowest BCUT2D eigenvalue weighted by Crippen LogP contribution is -2.23. The van der Waals surface area contributed by atoms with E-state index in [1.165, 1.54) is 0 Å². The summed E-state index contributed by atoms with van der Waals surface area (Å²) in [4.78, 5) is 49.0. The predicted molar refractivity (Wildman–Crippen MR) is 98.3 cm³/mol. The summed E-state index contributed by atoms with van der Waals surface area (Å²) in [5, 5.41) is 0. The summed E-state index contributed by atoms with van der Waals surface area (Å²) in [6.07, 6.45) is 7.03. The van der Waals surface area contributed by atoms with Crippen LogP contribution >= 0.6 is 0 Å². The Morgan fingerprint density at radius 3 is 1.65 bits per heavy atom. The zero-order chi connectivity index (χ0) is 18.5. The molecular weight excluding hydrogens is 328 g/mol. The molecule has 2 aliphatic rings. The minimum atomic E-state index is -0.171. The Labute approximate surface area is 154 Å². The lowest BCUT2D eigenvalue weighted by atomic mass is 9.82. The van der Waals surface area contributed by atoms with Crippen LogP contribution in [0.5, 0.6) is 0 Å². The molecule has 138 valence electrons. The Bertz CT molecular complexity index is 661. The van der Waals surface area contributed by atoms with Crippen LogP contribution < -0.4 is 0 Å². The van der Waals surface area contributed by atoms with E-state index in [1.807, 2.05) is 0 Å². The molecule has 0 saturated heterocycles. The molecule has 4 nitrogen and oxygen atoms in total. The van der Waals surface area contributed by atoms with E-state index in [-0.39, 0.29) is 47.8 Å². The van der Waals surface area contributed by atoms with E-state index in [9.17, 15) is 19.2 Å². The zero-order valence-corrected chi connectivity index (χ0v) is 15.2. The van der Waals surface area contributed by atoms with Crippen LogP contribution in [-0.2, 0) is 9.59 Å². The summed E-state index contributed by atoms with van der Waals surface area (Å²) in [6.45, 7) is 0. The monoisotopic (exact) mass is 354 g/mol. The van der Waals surface area contributed by atoms with Crippen molar-refractivity contribution in [1.29, 1.82) is 0 Å². The Morgan fingerprint density at radius 1 is 0.769 bits per heavy atom. The molecule has 0 aromatic heterocycles. The minimum absolute atomic E-state index is 0.0753. The van der Waals surface area contributed by atoms with Crippen LogP contribution in [0, 0.1) is 11.8 Å². The van der Waals surface area contributed by atoms with Gasteiger partial charge in [-0.05, 0) is 31.7 Å². The van der Waals surface area contributed by atoms with Gasteiger partial charge in [-0.1, -0.05) is 31.0 Å². The Kier molecular flexibility index (Phi) is 6.12. The van der Waals surface area contributed by atoms with Crippen LogP contribution in [0.1, 0.15) is 84.9 Å². The molecule has 0 bridgehead atoms. The molecule has 26 heavy (non-hydrogen) atoms. The van der Waals surface area contributed by atoms with Gasteiger partial charge < -0.3 is 0 Å². The Balaban J connectivity index is 1.65. The first-order chi connectivity index (χ1) is 12.5. The van der Waals surface area contributed by atoms with Gasteiger partial charge in [0.2, 0.25) is 0 Å². The fourth-order valence-corrected chi connectivity index (χ4v) is 4.09. The molecule has 2 unspecified atom stereocenters. The van der Waals surface area contributed by atoms with Crippen molar-refractivity contribution in [2.75, 3.05) is 0 Å². The van der Waals surface area contributed by atoms with E-state index < -0.39 is 0 Å². The number of rotatable bonds is 6. The largest absolute Gasteiger partial charge is 0.299 e. The van der Waals surface area contributed by atoms with E-state index in [2.05, 4.69) is 0 Å². The molecule has 0 aliphatic heterocycles. The molecule has 0 spiro atoms. The molecule has 0 N–H and O–H groups in total. The Hall–Kier alpha value is -2.10. The lowest BCUT2D eigenvalue weighted by Gasteiger charge is -2.20. The highest BCUT2D eigenvalue weighted by Gasteiger charge is 2.27. The van der Waals surface area contributed by atoms with Crippen LogP contribution in [0.3, 0.4) is 0 Å². The van der Waals surface area contributed by atoms with Crippen molar-refractivity contribution >= 4 is 23.1 Å². The van der Waals surface area contributed by atoms with Crippen molar-refractivity contribution in [3.05, 3.63) is 35.4 Å². The van der Waals surface area contributed by atoms with E-state index in [0.29, 0.717) is 24.0 Å². The third-order valence-corrected chi connectivity index (χ3v) is 5.73. The van der Waals surface area contributed by atoms with Crippen molar-refractivity contribution < 1.29 is 19.2 Å². The van der Waals surface area contributed by atoms with E-state index in [1.54, 1.807) is 24.3 Å². The smallest absolute Gasteiger partial charge is 0.163 e. The van der Waals surface area contributed by atoms with E-state index in [4.69, 9.17) is 0 Å². The number of hydrogen-bond acceptors (Lipinski definition) is 4. The maximum absolute atomic E-state index is 12.6. The molecule has 0 radical (unpaired) electrons. The van der Waals surface area contributed by atoms with Gasteiger partial charge in [0.1, 0.15) is 11.6 Å². The SMILES string of the molecule is O=C(CC1CCCCC1=O)c1cccc(C(=O)CC2CCCCC2=O)c1. The molecule has 2 saturated carbocycles. The summed E-state index contributed by atoms with van der Waals surface area (Å²) in [7, 11) is 0. The highest BCUT2D eigenvalue weighted by atomic mass is 16.1. The highest BCUT2D eigenvalue weighted by molar-refractivity contribution is 6.03. The molecule has 1 aromatic rings. The van der Waals surface area contributed by atoms with Crippen LogP contribution in [0.2, 0.25) is 0 Å². The maximum atomic E-state index is 12.6. The first-order valence-electron chi connectivity index (χ1n) is 9.76. The molecule has 2 atom stereocenters. The molecule has 0 amide bonds. The van der Waals surface area contributed by atoms with Gasteiger partial charge in [-0.3, -0.25) is 19.2 Å². The van der Waals surface area contributed by atoms with Crippen molar-refractivity contribution in [3.8, 4) is 0 Å². The second-order valence-electron chi connectivity index (χ2n) is 7.65. The summed E-state index contributed by atoms with van der Waals surface area (Å²) in [6, 6.07) is 6.76. The van der Waals surface area contributed by atoms with Gasteiger partial charge in [0.25, 0.3) is 0 Å². The number of hydrogen-bond donors (Lipinski definition) is 0. The standard InChI is InChI=1S/C22H26O4/c23-19-10-3-1-6-17(19)13-21(25)15-8-5-9-16(12-15)22(26)14-18-7-2-4-11-20(18)24/h5,8-9,12,17-18H,1-4,6-7,10-11,13-14H2. The average molecular weight is 354 g/mol. The minimum Gasteiger partial charge on any atom is -0.299 e. The number of carbonyl (C=O) groups is 4. The summed E-state index contributed by atoms with van der Waals surface area (Å²) >= 11 is 0. The Morgan fingerprint density at radius 2 is 1.23 bits per heavy atom. The second-order valence-corrected chi connectivity index (χ2v) is 7.65. The third-order valence-electron chi connectivity index (χ3n) is 5.73. The summed E-state index contributed by atoms with van der Waals surface area (Å²) < 4.78 is 0. The first-order valence-corrected chi connectivity index (χ1v) is 9.76. The lowest BCUT2D eigenvalue weighted by molar-refractivity contribution is -0.125. The number of carbonyl (C=O) groups excluding carboxylic acids is 4. The van der Waals surface area contributed by atoms with Crippen molar-refractivity contribution in [1.82, 2.24) is 0 Å². The number of Topliss-reactive ketones (excluding diaryl/α,β-unsaturated/α-hetero) is 4. The topological polar surface area (TPSA) is 68.3 Å². The normalized spacial score (nSPS) is 23.7. The van der Waals surface area contributed by atoms with E-state index >= 15 is 0 Å². The van der Waals surface area contributed by atoms with Gasteiger partial charge in [-0.15, -0.1) is 0 Å². The molecule has 0 heterocycles. The van der Waals surface area contributed by atoms with Gasteiger partial charge in [0, 0.05) is 48.6 Å². The fraction of sp³-hybridized carbons (Fsp3) is 0.545. The van der Waals surface area contributed by atoms with Gasteiger partial charge in [-0.2, -0.15) is 0 Å². The summed E-state index contributed by atoms with van der Waals surface area (Å²) in [5.41, 5.74) is 0.980. The average Bonchev–Trinajstić information content (AvgIpc) is 2.65. The fourth-order valence-electron chi connectivity index (χ4n) is 4.09. The molecule has 4 heteroatoms. The first kappa shape index (κ1) is 18.7. The maximum Gasteiger partial charge on any atom is 0.163 e. The number of benzene rings is 1. The highest BCUT2D eigenvalue weighted by Crippen LogP contribution is 2.27. The van der Waals surface area contributed by atoms with Gasteiger partial charge in [0.15, 0.2) is 11.6 Å². The van der Waals surface area contributed by atoms with Gasteiger partial charge in [-0.25, -0.2) is 0 Å². The summed E-state index contributed by atoms with van der Waals surface area (Å²) in [5.74, 6) is -0.117. The van der Waals surface area contributed by atoms with Crippen LogP contribution in [0.15, 0.2) is 24.3 Å². The van der Waals surface area contributed by atoms with Crippen LogP contribution in [0.25, 0.3) is 0 Å². The van der Waals surface area contributed by atoms with Gasteiger partial charge in [0.05, 0.1) is 0 Å². The molecule has 2 fully saturated rings. The third kappa shape index (κ3) is 4.54. The number of ketones is 4. The van der Waals surface area contributed by atoms with Crippen molar-refractivity contribution in [3.63, 3.8) is 0 Å². The second kappa shape index (κ2) is 8.52. The van der Waals surface area contributed by atoms with Crippen LogP contribution in [-0.4, -0.2) is 23.1 Å². The quantitative estimate of drug-likeness (QED) is 0.712. The zero-order valence-electron chi connectivity index (χ0n) is 15.2. The molecule has 3 rings (SSSR count). The molecular formula is C22H26O4. The van der Waals surface area contributed by atoms with Crippen LogP contribution in [0.4, 0.5) is 0 Å². The van der Waals surface area contributed by atoms with Crippen molar-refractivity contribution in [2.45, 2.75) is 64.2 Å². The van der Waals surface area contributed by atoms with E-state index in [0.717, 1.165) is 38.5 Å².